The highest BCUT2D eigenvalue weighted by atomic mass is 79.9. The molecular weight excluding hydrogens is 390 g/mol. The van der Waals surface area contributed by atoms with E-state index >= 15 is 0 Å². The monoisotopic (exact) mass is 409 g/mol. The van der Waals surface area contributed by atoms with E-state index in [2.05, 4.69) is 49.4 Å². The van der Waals surface area contributed by atoms with Crippen molar-refractivity contribution in [2.45, 2.75) is 25.7 Å². The minimum absolute atomic E-state index is 0.0275. The second kappa shape index (κ2) is 6.86. The van der Waals surface area contributed by atoms with Gasteiger partial charge in [0.25, 0.3) is 0 Å². The average molecular weight is 410 g/mol. The highest BCUT2D eigenvalue weighted by Crippen LogP contribution is 2.32. The molecule has 0 fully saturated rings. The number of aryl methyl sites for hydroxylation is 2. The lowest BCUT2D eigenvalue weighted by atomic mass is 9.98. The molecule has 1 aliphatic heterocycles. The number of rotatable bonds is 2. The van der Waals surface area contributed by atoms with Crippen molar-refractivity contribution in [1.29, 1.82) is 0 Å². The zero-order valence-electron chi connectivity index (χ0n) is 15.0. The number of hydrogen-bond acceptors (Lipinski definition) is 3. The van der Waals surface area contributed by atoms with Crippen molar-refractivity contribution in [3.05, 3.63) is 55.9 Å². The van der Waals surface area contributed by atoms with E-state index in [0.717, 1.165) is 29.4 Å². The van der Waals surface area contributed by atoms with Gasteiger partial charge < -0.3 is 4.40 Å². The van der Waals surface area contributed by atoms with Gasteiger partial charge in [-0.3, -0.25) is 14.7 Å². The third kappa shape index (κ3) is 2.94. The van der Waals surface area contributed by atoms with Crippen molar-refractivity contribution in [1.82, 2.24) is 14.3 Å². The van der Waals surface area contributed by atoms with E-state index in [4.69, 9.17) is 0 Å². The molecule has 0 bridgehead atoms. The smallest absolute Gasteiger partial charge is 0.210 e. The second-order valence-corrected chi connectivity index (χ2v) is 7.86. The molecule has 0 amide bonds. The zero-order valence-corrected chi connectivity index (χ0v) is 16.6. The van der Waals surface area contributed by atoms with Crippen LogP contribution in [0.1, 0.15) is 23.1 Å². The molecule has 0 radical (unpaired) electrons. The van der Waals surface area contributed by atoms with Crippen molar-refractivity contribution in [2.24, 2.45) is 0 Å². The quantitative estimate of drug-likeness (QED) is 0.610. The summed E-state index contributed by atoms with van der Waals surface area (Å²) in [5, 5.41) is 0. The molecule has 1 aromatic rings. The molecule has 5 heteroatoms. The average Bonchev–Trinajstić information content (AvgIpc) is 2.95. The molecule has 26 heavy (non-hydrogen) atoms. The maximum atomic E-state index is 13.0. The van der Waals surface area contributed by atoms with Crippen molar-refractivity contribution in [2.75, 3.05) is 20.6 Å². The van der Waals surface area contributed by atoms with Crippen molar-refractivity contribution >= 4 is 21.4 Å². The van der Waals surface area contributed by atoms with Crippen molar-refractivity contribution in [3.8, 4) is 23.2 Å². The van der Waals surface area contributed by atoms with Crippen LogP contribution in [0.5, 0.6) is 0 Å². The molecule has 2 heterocycles. The summed E-state index contributed by atoms with van der Waals surface area (Å²) in [4.78, 5) is 19.6. The Morgan fingerprint density at radius 3 is 2.88 bits per heavy atom. The first-order valence-electron chi connectivity index (χ1n) is 8.80. The Kier molecular flexibility index (Phi) is 4.56. The van der Waals surface area contributed by atoms with Crippen molar-refractivity contribution in [3.63, 3.8) is 0 Å². The van der Waals surface area contributed by atoms with Crippen LogP contribution < -0.4 is 5.43 Å². The van der Waals surface area contributed by atoms with Gasteiger partial charge in [-0.15, -0.1) is 0 Å². The van der Waals surface area contributed by atoms with Gasteiger partial charge in [0.15, 0.2) is 0 Å². The first-order valence-corrected chi connectivity index (χ1v) is 9.59. The van der Waals surface area contributed by atoms with Gasteiger partial charge in [-0.2, -0.15) is 0 Å². The fourth-order valence-electron chi connectivity index (χ4n) is 3.59. The van der Waals surface area contributed by atoms with Gasteiger partial charge in [0.2, 0.25) is 5.43 Å². The Morgan fingerprint density at radius 2 is 2.08 bits per heavy atom. The van der Waals surface area contributed by atoms with E-state index in [1.807, 2.05) is 31.3 Å². The summed E-state index contributed by atoms with van der Waals surface area (Å²) in [7, 11) is 3.95. The Hall–Kier alpha value is -2.16. The van der Waals surface area contributed by atoms with Gasteiger partial charge in [0.1, 0.15) is 5.69 Å². The molecule has 0 saturated heterocycles. The van der Waals surface area contributed by atoms with E-state index in [9.17, 15) is 4.79 Å². The van der Waals surface area contributed by atoms with Gasteiger partial charge in [0.05, 0.1) is 17.8 Å². The minimum Gasteiger partial charge on any atom is -0.313 e. The largest absolute Gasteiger partial charge is 0.313 e. The maximum Gasteiger partial charge on any atom is 0.210 e. The van der Waals surface area contributed by atoms with Crippen LogP contribution in [0.2, 0.25) is 0 Å². The van der Waals surface area contributed by atoms with Crippen LogP contribution in [-0.4, -0.2) is 34.9 Å². The number of nitrogens with zero attached hydrogens (tertiary/aromatic N) is 3. The molecule has 0 aromatic carbocycles. The molecule has 4 nitrogen and oxygen atoms in total. The lowest BCUT2D eigenvalue weighted by Gasteiger charge is -2.11. The number of halogens is 1. The predicted molar refractivity (Wildman–Crippen MR) is 108 cm³/mol. The SMILES string of the molecule is CN(C)CC#CCc1cc(Br)c2n3ccc4c3c(cnc-2c1=O)CCC4. The van der Waals surface area contributed by atoms with Crippen LogP contribution in [-0.2, 0) is 19.3 Å². The van der Waals surface area contributed by atoms with Crippen LogP contribution in [0.3, 0.4) is 0 Å². The predicted octanol–water partition coefficient (Wildman–Crippen LogP) is 3.16. The molecule has 0 spiro atoms. The lowest BCUT2D eigenvalue weighted by Crippen LogP contribution is -2.15. The van der Waals surface area contributed by atoms with E-state index in [0.29, 0.717) is 24.2 Å². The Bertz CT molecular complexity index is 1090. The number of benzene rings is 1. The van der Waals surface area contributed by atoms with E-state index in [1.165, 1.54) is 16.6 Å². The summed E-state index contributed by atoms with van der Waals surface area (Å²) >= 11 is 3.67. The molecule has 132 valence electrons. The zero-order chi connectivity index (χ0) is 18.3. The highest BCUT2D eigenvalue weighted by molar-refractivity contribution is 9.10. The van der Waals surface area contributed by atoms with E-state index < -0.39 is 0 Å². The first kappa shape index (κ1) is 17.3. The molecule has 1 aromatic heterocycles. The molecule has 3 aliphatic rings. The normalized spacial score (nSPS) is 13.2. The summed E-state index contributed by atoms with van der Waals surface area (Å²) in [5.41, 5.74) is 5.76. The maximum absolute atomic E-state index is 13.0. The standard InChI is InChI=1S/C21H20BrN3O/c1-24(2)10-4-3-6-15-12-17(22)20-18(21(15)26)23-13-16-8-5-7-14-9-11-25(20)19(14)16/h9,11-13H,5-8,10H2,1-2H3. The van der Waals surface area contributed by atoms with Gasteiger partial charge >= 0.3 is 0 Å². The van der Waals surface area contributed by atoms with Gasteiger partial charge in [-0.1, -0.05) is 11.8 Å². The van der Waals surface area contributed by atoms with Crippen LogP contribution in [0.4, 0.5) is 0 Å². The minimum atomic E-state index is -0.0275. The van der Waals surface area contributed by atoms with Crippen LogP contribution in [0.15, 0.2) is 33.8 Å². The fraction of sp³-hybridized carbons (Fsp3) is 0.333. The first-order chi connectivity index (χ1) is 12.6. The van der Waals surface area contributed by atoms with Crippen LogP contribution >= 0.6 is 15.9 Å². The lowest BCUT2D eigenvalue weighted by molar-refractivity contribution is 0.463. The second-order valence-electron chi connectivity index (χ2n) is 7.01. The van der Waals surface area contributed by atoms with Crippen molar-refractivity contribution < 1.29 is 0 Å². The Balaban J connectivity index is 1.90. The van der Waals surface area contributed by atoms with Crippen LogP contribution in [0.25, 0.3) is 16.9 Å². The number of aromatic nitrogens is 2. The summed E-state index contributed by atoms with van der Waals surface area (Å²) < 4.78 is 3.01. The molecule has 2 aliphatic carbocycles. The number of hydrogen-bond donors (Lipinski definition) is 0. The van der Waals surface area contributed by atoms with Gasteiger partial charge in [0, 0.05) is 28.9 Å². The Labute approximate surface area is 161 Å². The van der Waals surface area contributed by atoms with E-state index in [1.54, 1.807) is 0 Å². The van der Waals surface area contributed by atoms with Gasteiger partial charge in [-0.25, -0.2) is 0 Å². The van der Waals surface area contributed by atoms with Gasteiger partial charge in [-0.05, 0) is 72.5 Å². The summed E-state index contributed by atoms with van der Waals surface area (Å²) in [6.07, 6.45) is 7.60. The highest BCUT2D eigenvalue weighted by Gasteiger charge is 2.21. The third-order valence-corrected chi connectivity index (χ3v) is 5.42. The topological polar surface area (TPSA) is 37.6 Å². The summed E-state index contributed by atoms with van der Waals surface area (Å²) in [6, 6.07) is 4.07. The van der Waals surface area contributed by atoms with E-state index in [-0.39, 0.29) is 5.43 Å². The summed E-state index contributed by atoms with van der Waals surface area (Å²) in [6.45, 7) is 0.687. The summed E-state index contributed by atoms with van der Waals surface area (Å²) in [5.74, 6) is 6.19. The number of fused-ring (bicyclic) bond motifs is 2. The Morgan fingerprint density at radius 1 is 1.27 bits per heavy atom. The molecule has 0 unspecified atom stereocenters. The molecule has 0 atom stereocenters. The third-order valence-electron chi connectivity index (χ3n) is 4.81. The molecule has 0 N–H and O–H groups in total. The van der Waals surface area contributed by atoms with Crippen LogP contribution in [0, 0.1) is 11.8 Å². The molecular formula is C21H20BrN3O. The molecule has 0 saturated carbocycles. The molecule has 4 rings (SSSR count). The fourth-order valence-corrected chi connectivity index (χ4v) is 4.24.